The molecular formula is C20H36O3. The van der Waals surface area contributed by atoms with Crippen LogP contribution in [0.4, 0.5) is 0 Å². The van der Waals surface area contributed by atoms with Gasteiger partial charge in [-0.05, 0) is 44.6 Å². The van der Waals surface area contributed by atoms with Gasteiger partial charge in [0.05, 0.1) is 0 Å². The Bertz CT molecular complexity index is 362. The van der Waals surface area contributed by atoms with Gasteiger partial charge in [0.15, 0.2) is 6.29 Å². The normalized spacial score (nSPS) is 22.7. The van der Waals surface area contributed by atoms with E-state index >= 15 is 0 Å². The zero-order valence-corrected chi connectivity index (χ0v) is 15.4. The molecule has 2 unspecified atom stereocenters. The number of aliphatic hydroxyl groups is 1. The van der Waals surface area contributed by atoms with Crippen molar-refractivity contribution in [3.8, 4) is 0 Å². The Morgan fingerprint density at radius 2 is 1.91 bits per heavy atom. The van der Waals surface area contributed by atoms with Crippen LogP contribution in [0.25, 0.3) is 0 Å². The highest BCUT2D eigenvalue weighted by Gasteiger charge is 2.24. The molecule has 3 atom stereocenters. The molecule has 1 aliphatic carbocycles. The van der Waals surface area contributed by atoms with Crippen LogP contribution in [-0.4, -0.2) is 17.5 Å². The van der Waals surface area contributed by atoms with Crippen molar-refractivity contribution >= 4 is 0 Å². The molecule has 0 aromatic rings. The summed E-state index contributed by atoms with van der Waals surface area (Å²) >= 11 is 0. The van der Waals surface area contributed by atoms with Crippen LogP contribution in [0.3, 0.4) is 0 Å². The summed E-state index contributed by atoms with van der Waals surface area (Å²) in [6.07, 6.45) is 12.5. The maximum atomic E-state index is 9.90. The quantitative estimate of drug-likeness (QED) is 0.165. The molecule has 134 valence electrons. The van der Waals surface area contributed by atoms with Crippen molar-refractivity contribution in [1.82, 2.24) is 0 Å². The molecular weight excluding hydrogens is 288 g/mol. The van der Waals surface area contributed by atoms with E-state index < -0.39 is 6.29 Å². The molecule has 3 nitrogen and oxygen atoms in total. The SMILES string of the molecule is C=C(C)[C@H]1CC=C(C)C(OOC(O)CCCCCCCCC)C1. The second kappa shape index (κ2) is 11.8. The Balaban J connectivity index is 2.13. The number of hydrogen-bond donors (Lipinski definition) is 1. The van der Waals surface area contributed by atoms with Crippen LogP contribution >= 0.6 is 0 Å². The van der Waals surface area contributed by atoms with Crippen molar-refractivity contribution in [2.45, 2.75) is 97.4 Å². The van der Waals surface area contributed by atoms with Gasteiger partial charge in [-0.15, -0.1) is 0 Å². The molecule has 0 radical (unpaired) electrons. The number of unbranched alkanes of at least 4 members (excludes halogenated alkanes) is 6. The van der Waals surface area contributed by atoms with E-state index in [0.29, 0.717) is 12.3 Å². The van der Waals surface area contributed by atoms with Crippen molar-refractivity contribution in [3.63, 3.8) is 0 Å². The van der Waals surface area contributed by atoms with Gasteiger partial charge < -0.3 is 5.11 Å². The predicted molar refractivity (Wildman–Crippen MR) is 95.9 cm³/mol. The minimum absolute atomic E-state index is 0.0610. The zero-order chi connectivity index (χ0) is 17.1. The van der Waals surface area contributed by atoms with Gasteiger partial charge in [-0.3, -0.25) is 0 Å². The molecule has 1 rings (SSSR count). The van der Waals surface area contributed by atoms with Crippen molar-refractivity contribution in [3.05, 3.63) is 23.8 Å². The van der Waals surface area contributed by atoms with E-state index in [1.165, 1.54) is 43.3 Å². The molecule has 0 saturated heterocycles. The topological polar surface area (TPSA) is 38.7 Å². The summed E-state index contributed by atoms with van der Waals surface area (Å²) in [7, 11) is 0. The zero-order valence-electron chi connectivity index (χ0n) is 15.4. The van der Waals surface area contributed by atoms with Crippen LogP contribution in [0.5, 0.6) is 0 Å². The molecule has 0 heterocycles. The lowest BCUT2D eigenvalue weighted by atomic mass is 9.84. The monoisotopic (exact) mass is 324 g/mol. The minimum Gasteiger partial charge on any atom is -0.366 e. The first kappa shape index (κ1) is 20.4. The highest BCUT2D eigenvalue weighted by Crippen LogP contribution is 2.30. The van der Waals surface area contributed by atoms with Gasteiger partial charge in [-0.1, -0.05) is 63.7 Å². The first-order valence-electron chi connectivity index (χ1n) is 9.36. The molecule has 1 aliphatic rings. The second-order valence-electron chi connectivity index (χ2n) is 7.01. The van der Waals surface area contributed by atoms with Crippen LogP contribution in [0, 0.1) is 5.92 Å². The van der Waals surface area contributed by atoms with Gasteiger partial charge >= 0.3 is 0 Å². The van der Waals surface area contributed by atoms with Gasteiger partial charge in [-0.2, -0.15) is 0 Å². The number of allylic oxidation sites excluding steroid dienone is 2. The summed E-state index contributed by atoms with van der Waals surface area (Å²) in [5.41, 5.74) is 2.37. The molecule has 0 aromatic carbocycles. The van der Waals surface area contributed by atoms with Crippen molar-refractivity contribution in [2.75, 3.05) is 0 Å². The van der Waals surface area contributed by atoms with Crippen molar-refractivity contribution in [2.24, 2.45) is 5.92 Å². The maximum absolute atomic E-state index is 9.90. The number of hydrogen-bond acceptors (Lipinski definition) is 3. The van der Waals surface area contributed by atoms with Gasteiger partial charge in [0.2, 0.25) is 0 Å². The van der Waals surface area contributed by atoms with E-state index in [2.05, 4.69) is 33.4 Å². The third-order valence-electron chi connectivity index (χ3n) is 4.77. The minimum atomic E-state index is -0.816. The summed E-state index contributed by atoms with van der Waals surface area (Å²) < 4.78 is 0. The third kappa shape index (κ3) is 8.69. The lowest BCUT2D eigenvalue weighted by Gasteiger charge is -2.28. The molecule has 1 N–H and O–H groups in total. The molecule has 3 heteroatoms. The summed E-state index contributed by atoms with van der Waals surface area (Å²) in [5, 5.41) is 9.90. The fourth-order valence-electron chi connectivity index (χ4n) is 2.97. The Morgan fingerprint density at radius 1 is 1.26 bits per heavy atom. The lowest BCUT2D eigenvalue weighted by molar-refractivity contribution is -0.388. The summed E-state index contributed by atoms with van der Waals surface area (Å²) in [6.45, 7) is 10.4. The van der Waals surface area contributed by atoms with E-state index in [1.807, 2.05) is 0 Å². The van der Waals surface area contributed by atoms with Gasteiger partial charge in [0.1, 0.15) is 6.10 Å². The van der Waals surface area contributed by atoms with E-state index in [9.17, 15) is 5.11 Å². The van der Waals surface area contributed by atoms with Gasteiger partial charge in [0, 0.05) is 6.42 Å². The van der Waals surface area contributed by atoms with Gasteiger partial charge in [0.25, 0.3) is 0 Å². The summed E-state index contributed by atoms with van der Waals surface area (Å²) in [4.78, 5) is 10.7. The average molecular weight is 325 g/mol. The van der Waals surface area contributed by atoms with Crippen LogP contribution in [0.1, 0.15) is 85.0 Å². The van der Waals surface area contributed by atoms with Gasteiger partial charge in [-0.25, -0.2) is 9.78 Å². The highest BCUT2D eigenvalue weighted by atomic mass is 17.2. The predicted octanol–water partition coefficient (Wildman–Crippen LogP) is 5.69. The summed E-state index contributed by atoms with van der Waals surface area (Å²) in [5.74, 6) is 0.451. The highest BCUT2D eigenvalue weighted by molar-refractivity contribution is 5.14. The van der Waals surface area contributed by atoms with Crippen LogP contribution in [-0.2, 0) is 9.78 Å². The maximum Gasteiger partial charge on any atom is 0.188 e. The Labute approximate surface area is 142 Å². The molecule has 0 aromatic heterocycles. The molecule has 0 bridgehead atoms. The first-order valence-corrected chi connectivity index (χ1v) is 9.36. The first-order chi connectivity index (χ1) is 11.0. The lowest BCUT2D eigenvalue weighted by Crippen LogP contribution is -2.26. The smallest absolute Gasteiger partial charge is 0.188 e. The summed E-state index contributed by atoms with van der Waals surface area (Å²) in [6, 6.07) is 0. The van der Waals surface area contributed by atoms with Crippen LogP contribution in [0.2, 0.25) is 0 Å². The van der Waals surface area contributed by atoms with Crippen LogP contribution < -0.4 is 0 Å². The largest absolute Gasteiger partial charge is 0.366 e. The van der Waals surface area contributed by atoms with E-state index in [4.69, 9.17) is 9.78 Å². The second-order valence-corrected chi connectivity index (χ2v) is 7.01. The molecule has 0 saturated carbocycles. The van der Waals surface area contributed by atoms with E-state index in [0.717, 1.165) is 25.7 Å². The van der Waals surface area contributed by atoms with Crippen molar-refractivity contribution < 1.29 is 14.9 Å². The fourth-order valence-corrected chi connectivity index (χ4v) is 2.97. The Hall–Kier alpha value is -0.640. The molecule has 0 fully saturated rings. The van der Waals surface area contributed by atoms with E-state index in [1.54, 1.807) is 0 Å². The van der Waals surface area contributed by atoms with Crippen LogP contribution in [0.15, 0.2) is 23.8 Å². The number of rotatable bonds is 12. The van der Waals surface area contributed by atoms with E-state index in [-0.39, 0.29) is 6.10 Å². The Kier molecular flexibility index (Phi) is 10.5. The third-order valence-corrected chi connectivity index (χ3v) is 4.77. The molecule has 0 amide bonds. The Morgan fingerprint density at radius 3 is 2.57 bits per heavy atom. The standard InChI is InChI=1S/C20H36O3/c1-5-6-7-8-9-10-11-12-20(21)23-22-19-15-18(16(2)3)14-13-17(19)4/h13,18-21H,2,5-12,14-15H2,1,3-4H3/t18-,19?,20?/m0/s1. The number of aliphatic hydroxyl groups excluding tert-OH is 1. The van der Waals surface area contributed by atoms with Crippen molar-refractivity contribution in [1.29, 1.82) is 0 Å². The molecule has 23 heavy (non-hydrogen) atoms. The average Bonchev–Trinajstić information content (AvgIpc) is 2.53. The molecule has 0 spiro atoms. The fraction of sp³-hybridized carbons (Fsp3) is 0.800. The molecule has 0 aliphatic heterocycles.